The first-order chi connectivity index (χ1) is 12.4. The van der Waals surface area contributed by atoms with Gasteiger partial charge in [-0.3, -0.25) is 9.69 Å². The molecule has 144 valence electrons. The molecular formula is C20H31N3O3. The van der Waals surface area contributed by atoms with Crippen LogP contribution in [0.2, 0.25) is 0 Å². The maximum atomic E-state index is 11.6. The van der Waals surface area contributed by atoms with Crippen molar-refractivity contribution >= 4 is 5.91 Å². The summed E-state index contributed by atoms with van der Waals surface area (Å²) >= 11 is 0. The largest absolute Gasteiger partial charge is 0.493 e. The molecule has 1 aromatic rings. The number of methoxy groups -OCH3 is 1. The number of likely N-dealkylation sites (tertiary alicyclic amines) is 1. The van der Waals surface area contributed by atoms with E-state index >= 15 is 0 Å². The second kappa shape index (κ2) is 7.84. The predicted molar refractivity (Wildman–Crippen MR) is 102 cm³/mol. The molecule has 0 spiro atoms. The number of carbonyl (C=O) groups excluding carboxylic acids is 1. The average Bonchev–Trinajstić information content (AvgIpc) is 2.97. The van der Waals surface area contributed by atoms with Gasteiger partial charge in [-0.05, 0) is 38.0 Å². The van der Waals surface area contributed by atoms with Crippen molar-refractivity contribution in [3.63, 3.8) is 0 Å². The van der Waals surface area contributed by atoms with Gasteiger partial charge >= 0.3 is 0 Å². The molecular weight excluding hydrogens is 330 g/mol. The smallest absolute Gasteiger partial charge is 0.217 e. The van der Waals surface area contributed by atoms with Crippen LogP contribution in [0, 0.1) is 5.92 Å². The molecule has 0 unspecified atom stereocenters. The van der Waals surface area contributed by atoms with Crippen molar-refractivity contribution in [1.82, 2.24) is 15.5 Å². The van der Waals surface area contributed by atoms with Crippen molar-refractivity contribution < 1.29 is 14.3 Å². The van der Waals surface area contributed by atoms with Crippen molar-refractivity contribution in [3.05, 3.63) is 23.8 Å². The Morgan fingerprint density at radius 3 is 2.92 bits per heavy atom. The number of hydrogen-bond acceptors (Lipinski definition) is 5. The second-order valence-electron chi connectivity index (χ2n) is 7.80. The van der Waals surface area contributed by atoms with E-state index in [0.29, 0.717) is 5.92 Å². The first kappa shape index (κ1) is 19.0. The number of fused-ring (bicyclic) bond motifs is 1. The van der Waals surface area contributed by atoms with Crippen LogP contribution in [0.15, 0.2) is 18.2 Å². The molecule has 1 amide bonds. The van der Waals surface area contributed by atoms with E-state index in [1.807, 2.05) is 19.9 Å². The Morgan fingerprint density at radius 2 is 2.23 bits per heavy atom. The van der Waals surface area contributed by atoms with E-state index in [1.165, 1.54) is 5.56 Å². The van der Waals surface area contributed by atoms with Gasteiger partial charge in [0, 0.05) is 45.6 Å². The lowest BCUT2D eigenvalue weighted by atomic mass is 9.80. The Labute approximate surface area is 156 Å². The van der Waals surface area contributed by atoms with Crippen LogP contribution in [0.4, 0.5) is 0 Å². The summed E-state index contributed by atoms with van der Waals surface area (Å²) in [6, 6.07) is 6.18. The van der Waals surface area contributed by atoms with Crippen molar-refractivity contribution in [2.45, 2.75) is 45.4 Å². The maximum Gasteiger partial charge on any atom is 0.217 e. The van der Waals surface area contributed by atoms with Gasteiger partial charge in [0.2, 0.25) is 5.91 Å². The summed E-state index contributed by atoms with van der Waals surface area (Å²) in [6.07, 6.45) is 1.10. The Kier molecular flexibility index (Phi) is 5.73. The van der Waals surface area contributed by atoms with Gasteiger partial charge in [0.1, 0.15) is 0 Å². The summed E-state index contributed by atoms with van der Waals surface area (Å²) < 4.78 is 11.3. The molecule has 2 aliphatic heterocycles. The molecule has 0 radical (unpaired) electrons. The number of nitrogens with one attached hydrogen (secondary N) is 2. The topological polar surface area (TPSA) is 62.8 Å². The van der Waals surface area contributed by atoms with Crippen LogP contribution in [0.3, 0.4) is 0 Å². The van der Waals surface area contributed by atoms with Crippen molar-refractivity contribution in [1.29, 1.82) is 0 Å². The SMILES string of the molecule is COc1cc(CN2CC[C@@]3(NC(C)=O)CNC[C@H]3C2)ccc1OC(C)C. The van der Waals surface area contributed by atoms with Crippen molar-refractivity contribution in [3.8, 4) is 11.5 Å². The van der Waals surface area contributed by atoms with E-state index in [-0.39, 0.29) is 17.6 Å². The quantitative estimate of drug-likeness (QED) is 0.809. The molecule has 0 saturated carbocycles. The van der Waals surface area contributed by atoms with Crippen LogP contribution in [-0.4, -0.2) is 55.7 Å². The number of rotatable bonds is 6. The maximum absolute atomic E-state index is 11.6. The third-order valence-electron chi connectivity index (χ3n) is 5.39. The zero-order chi connectivity index (χ0) is 18.7. The number of hydrogen-bond donors (Lipinski definition) is 2. The Bertz CT molecular complexity index is 649. The van der Waals surface area contributed by atoms with Crippen LogP contribution < -0.4 is 20.1 Å². The molecule has 0 aliphatic carbocycles. The highest BCUT2D eigenvalue weighted by Gasteiger charge is 2.46. The number of ether oxygens (including phenoxy) is 2. The predicted octanol–water partition coefficient (Wildman–Crippen LogP) is 1.78. The minimum atomic E-state index is -0.0744. The average molecular weight is 361 g/mol. The van der Waals surface area contributed by atoms with Gasteiger partial charge < -0.3 is 20.1 Å². The molecule has 2 saturated heterocycles. The van der Waals surface area contributed by atoms with Gasteiger partial charge in [-0.15, -0.1) is 0 Å². The van der Waals surface area contributed by atoms with Crippen LogP contribution in [-0.2, 0) is 11.3 Å². The molecule has 1 aromatic carbocycles. The van der Waals surface area contributed by atoms with Gasteiger partial charge in [0.25, 0.3) is 0 Å². The molecule has 6 heteroatoms. The first-order valence-electron chi connectivity index (χ1n) is 9.47. The fourth-order valence-corrected chi connectivity index (χ4v) is 4.22. The summed E-state index contributed by atoms with van der Waals surface area (Å²) in [5.74, 6) is 2.08. The van der Waals surface area contributed by atoms with E-state index in [9.17, 15) is 4.79 Å². The summed E-state index contributed by atoms with van der Waals surface area (Å²) in [5.41, 5.74) is 1.14. The van der Waals surface area contributed by atoms with Gasteiger partial charge in [0.05, 0.1) is 18.8 Å². The van der Waals surface area contributed by atoms with Crippen LogP contribution >= 0.6 is 0 Å². The number of amides is 1. The van der Waals surface area contributed by atoms with Crippen LogP contribution in [0.5, 0.6) is 11.5 Å². The highest BCUT2D eigenvalue weighted by Crippen LogP contribution is 2.33. The zero-order valence-corrected chi connectivity index (χ0v) is 16.3. The van der Waals surface area contributed by atoms with E-state index in [2.05, 4.69) is 27.7 Å². The third kappa shape index (κ3) is 4.13. The summed E-state index contributed by atoms with van der Waals surface area (Å²) in [6.45, 7) is 10.3. The van der Waals surface area contributed by atoms with Crippen molar-refractivity contribution in [2.24, 2.45) is 5.92 Å². The first-order valence-corrected chi connectivity index (χ1v) is 9.47. The lowest BCUT2D eigenvalue weighted by Gasteiger charge is -2.44. The second-order valence-corrected chi connectivity index (χ2v) is 7.80. The number of piperidine rings is 1. The Morgan fingerprint density at radius 1 is 1.42 bits per heavy atom. The van der Waals surface area contributed by atoms with Gasteiger partial charge in [-0.2, -0.15) is 0 Å². The molecule has 6 nitrogen and oxygen atoms in total. The third-order valence-corrected chi connectivity index (χ3v) is 5.39. The summed E-state index contributed by atoms with van der Waals surface area (Å²) in [4.78, 5) is 14.1. The van der Waals surface area contributed by atoms with E-state index in [4.69, 9.17) is 9.47 Å². The molecule has 2 atom stereocenters. The zero-order valence-electron chi connectivity index (χ0n) is 16.3. The number of nitrogens with zero attached hydrogens (tertiary/aromatic N) is 1. The minimum absolute atomic E-state index is 0.0672. The summed E-state index contributed by atoms with van der Waals surface area (Å²) in [5, 5.41) is 6.68. The Balaban J connectivity index is 1.66. The normalized spacial score (nSPS) is 25.8. The fourth-order valence-electron chi connectivity index (χ4n) is 4.22. The standard InChI is InChI=1S/C20H31N3O3/c1-14(2)26-18-6-5-16(9-19(18)25-4)11-23-8-7-20(22-15(3)24)13-21-10-17(20)12-23/h5-6,9,14,17,21H,7-8,10-13H2,1-4H3,(H,22,24)/t17-,20+/m0/s1. The molecule has 3 rings (SSSR count). The lowest BCUT2D eigenvalue weighted by molar-refractivity contribution is -0.121. The van der Waals surface area contributed by atoms with Gasteiger partial charge in [0.15, 0.2) is 11.5 Å². The van der Waals surface area contributed by atoms with Crippen molar-refractivity contribution in [2.75, 3.05) is 33.3 Å². The Hall–Kier alpha value is -1.79. The number of carbonyl (C=O) groups is 1. The van der Waals surface area contributed by atoms with E-state index in [0.717, 1.165) is 50.6 Å². The molecule has 2 aliphatic rings. The molecule has 2 heterocycles. The van der Waals surface area contributed by atoms with Crippen LogP contribution in [0.25, 0.3) is 0 Å². The van der Waals surface area contributed by atoms with Gasteiger partial charge in [-0.1, -0.05) is 6.07 Å². The number of benzene rings is 1. The molecule has 2 fully saturated rings. The molecule has 2 N–H and O–H groups in total. The van der Waals surface area contributed by atoms with E-state index in [1.54, 1.807) is 14.0 Å². The van der Waals surface area contributed by atoms with Gasteiger partial charge in [-0.25, -0.2) is 0 Å². The minimum Gasteiger partial charge on any atom is -0.493 e. The molecule has 26 heavy (non-hydrogen) atoms. The highest BCUT2D eigenvalue weighted by atomic mass is 16.5. The van der Waals surface area contributed by atoms with Crippen LogP contribution in [0.1, 0.15) is 32.8 Å². The highest BCUT2D eigenvalue weighted by molar-refractivity contribution is 5.74. The van der Waals surface area contributed by atoms with E-state index < -0.39 is 0 Å². The lowest BCUT2D eigenvalue weighted by Crippen LogP contribution is -2.60. The molecule has 0 aromatic heterocycles. The summed E-state index contributed by atoms with van der Waals surface area (Å²) in [7, 11) is 1.68. The monoisotopic (exact) mass is 361 g/mol. The fraction of sp³-hybridized carbons (Fsp3) is 0.650. The molecule has 0 bridgehead atoms.